The third-order valence-corrected chi connectivity index (χ3v) is 13.9. The highest BCUT2D eigenvalue weighted by Gasteiger charge is 2.71. The van der Waals surface area contributed by atoms with E-state index in [0.29, 0.717) is 54.4 Å². The Morgan fingerprint density at radius 2 is 1.64 bits per heavy atom. The van der Waals surface area contributed by atoms with E-state index in [9.17, 15) is 27.9 Å². The first kappa shape index (κ1) is 40.9. The van der Waals surface area contributed by atoms with E-state index >= 15 is 9.59 Å². The van der Waals surface area contributed by atoms with Gasteiger partial charge in [0.05, 0.1) is 40.9 Å². The van der Waals surface area contributed by atoms with Crippen LogP contribution in [0.2, 0.25) is 10.0 Å². The highest BCUT2D eigenvalue weighted by Crippen LogP contribution is 2.65. The summed E-state index contributed by atoms with van der Waals surface area (Å²) < 4.78 is 46.2. The van der Waals surface area contributed by atoms with Gasteiger partial charge in [-0.1, -0.05) is 89.4 Å². The first-order valence-corrected chi connectivity index (χ1v) is 20.8. The van der Waals surface area contributed by atoms with Crippen molar-refractivity contribution in [1.82, 2.24) is 19.8 Å². The number of nitrogens with one attached hydrogen (secondary N) is 1. The summed E-state index contributed by atoms with van der Waals surface area (Å²) in [5.74, 6) is -7.32. The van der Waals surface area contributed by atoms with E-state index in [1.807, 2.05) is 24.3 Å². The first-order valence-electron chi connectivity index (χ1n) is 20.1. The molecule has 316 valence electrons. The zero-order chi connectivity index (χ0) is 43.0. The van der Waals surface area contributed by atoms with Crippen molar-refractivity contribution in [1.29, 1.82) is 0 Å². The zero-order valence-corrected chi connectivity index (χ0v) is 34.3. The molecule has 4 aromatic rings. The van der Waals surface area contributed by atoms with Crippen molar-refractivity contribution in [3.63, 3.8) is 0 Å². The molecule has 1 aromatic heterocycles. The van der Waals surface area contributed by atoms with Gasteiger partial charge in [-0.25, -0.2) is 4.98 Å². The SMILES string of the molecule is COc1cccc(C2C3=CCC4C(=O)N(C5CCN(Cc6ccccc6)CC5)C(=O)C4C3CC3C(=O)N(Nc4ncc(C(F)(F)F)cc4Cl)C(=O)C32c2ccc(Cl)cc2)c1O. The summed E-state index contributed by atoms with van der Waals surface area (Å²) in [6, 6.07) is 21.6. The van der Waals surface area contributed by atoms with E-state index in [0.717, 1.165) is 11.6 Å². The van der Waals surface area contributed by atoms with Gasteiger partial charge in [-0.05, 0) is 67.0 Å². The highest BCUT2D eigenvalue weighted by molar-refractivity contribution is 6.33. The summed E-state index contributed by atoms with van der Waals surface area (Å²) in [4.78, 5) is 67.3. The molecule has 2 aliphatic carbocycles. The quantitative estimate of drug-likeness (QED) is 0.135. The van der Waals surface area contributed by atoms with Crippen LogP contribution in [-0.2, 0) is 37.3 Å². The Balaban J connectivity index is 1.13. The molecule has 4 fully saturated rings. The van der Waals surface area contributed by atoms with Gasteiger partial charge in [0.15, 0.2) is 17.3 Å². The number of hydrogen-bond acceptors (Lipinski definition) is 9. The van der Waals surface area contributed by atoms with Gasteiger partial charge in [-0.15, -0.1) is 0 Å². The Morgan fingerprint density at radius 3 is 2.31 bits per heavy atom. The summed E-state index contributed by atoms with van der Waals surface area (Å²) >= 11 is 12.7. The van der Waals surface area contributed by atoms with Crippen LogP contribution in [0.5, 0.6) is 11.5 Å². The molecule has 9 rings (SSSR count). The number of carbonyl (C=O) groups excluding carboxylic acids is 4. The number of pyridine rings is 1. The van der Waals surface area contributed by atoms with Crippen LogP contribution in [0.3, 0.4) is 0 Å². The number of aromatic nitrogens is 1. The van der Waals surface area contributed by atoms with Gasteiger partial charge in [-0.2, -0.15) is 18.2 Å². The van der Waals surface area contributed by atoms with Crippen LogP contribution < -0.4 is 10.2 Å². The minimum atomic E-state index is -4.76. The lowest BCUT2D eigenvalue weighted by atomic mass is 9.49. The number of phenols is 1. The summed E-state index contributed by atoms with van der Waals surface area (Å²) in [6.07, 6.45) is -0.998. The van der Waals surface area contributed by atoms with E-state index in [4.69, 9.17) is 27.9 Å². The Kier molecular flexibility index (Phi) is 10.4. The molecule has 11 nitrogen and oxygen atoms in total. The fourth-order valence-electron chi connectivity index (χ4n) is 10.6. The molecule has 3 saturated heterocycles. The number of benzene rings is 3. The molecular formula is C45H40Cl2F3N5O6. The summed E-state index contributed by atoms with van der Waals surface area (Å²) in [6.45, 7) is 2.14. The second-order valence-electron chi connectivity index (χ2n) is 16.4. The second-order valence-corrected chi connectivity index (χ2v) is 17.2. The Labute approximate surface area is 359 Å². The van der Waals surface area contributed by atoms with Crippen molar-refractivity contribution in [3.05, 3.63) is 129 Å². The van der Waals surface area contributed by atoms with Crippen molar-refractivity contribution in [2.45, 2.75) is 55.8 Å². The van der Waals surface area contributed by atoms with E-state index < -0.39 is 63.6 Å². The zero-order valence-electron chi connectivity index (χ0n) is 32.7. The molecule has 0 bridgehead atoms. The van der Waals surface area contributed by atoms with Gasteiger partial charge in [0.25, 0.3) is 11.8 Å². The number of para-hydroxylation sites is 1. The van der Waals surface area contributed by atoms with E-state index in [-0.39, 0.29) is 53.6 Å². The van der Waals surface area contributed by atoms with Crippen LogP contribution in [0.25, 0.3) is 0 Å². The van der Waals surface area contributed by atoms with Gasteiger partial charge < -0.3 is 9.84 Å². The van der Waals surface area contributed by atoms with Crippen LogP contribution in [0.1, 0.15) is 53.9 Å². The molecule has 61 heavy (non-hydrogen) atoms. The smallest absolute Gasteiger partial charge is 0.417 e. The number of aromatic hydroxyl groups is 1. The van der Waals surface area contributed by atoms with Crippen LogP contribution in [0, 0.1) is 23.7 Å². The number of rotatable bonds is 8. The predicted octanol–water partition coefficient (Wildman–Crippen LogP) is 7.77. The van der Waals surface area contributed by atoms with Crippen LogP contribution in [-0.4, -0.2) is 74.8 Å². The van der Waals surface area contributed by atoms with Crippen LogP contribution in [0.15, 0.2) is 96.7 Å². The number of ether oxygens (including phenoxy) is 1. The lowest BCUT2D eigenvalue weighted by Crippen LogP contribution is -2.53. The fourth-order valence-corrected chi connectivity index (χ4v) is 11.0. The molecule has 0 spiro atoms. The third kappa shape index (κ3) is 6.65. The molecule has 5 aliphatic rings. The molecule has 0 radical (unpaired) electrons. The van der Waals surface area contributed by atoms with Gasteiger partial charge in [0, 0.05) is 48.4 Å². The number of alkyl halides is 3. The van der Waals surface area contributed by atoms with Gasteiger partial charge in [0.2, 0.25) is 11.8 Å². The van der Waals surface area contributed by atoms with E-state index in [1.165, 1.54) is 17.6 Å². The summed E-state index contributed by atoms with van der Waals surface area (Å²) in [5, 5.41) is 12.5. The summed E-state index contributed by atoms with van der Waals surface area (Å²) in [5.41, 5.74) is 2.06. The molecule has 3 aromatic carbocycles. The fraction of sp³-hybridized carbons (Fsp3) is 0.356. The molecule has 16 heteroatoms. The Hall–Kier alpha value is -5.44. The number of amides is 4. The number of allylic oxidation sites excluding steroid dienone is 2. The molecule has 4 amide bonds. The van der Waals surface area contributed by atoms with Crippen molar-refractivity contribution >= 4 is 52.6 Å². The molecule has 2 N–H and O–H groups in total. The molecule has 6 atom stereocenters. The number of nitrogens with zero attached hydrogens (tertiary/aromatic N) is 4. The Bertz CT molecular complexity index is 2460. The molecular weight excluding hydrogens is 834 g/mol. The molecule has 3 aliphatic heterocycles. The van der Waals surface area contributed by atoms with Crippen molar-refractivity contribution in [2.24, 2.45) is 23.7 Å². The number of hydrogen-bond donors (Lipinski definition) is 2. The number of methoxy groups -OCH3 is 1. The van der Waals surface area contributed by atoms with Crippen LogP contribution >= 0.6 is 23.2 Å². The molecule has 1 saturated carbocycles. The number of halogens is 5. The normalized spacial score (nSPS) is 26.9. The maximum Gasteiger partial charge on any atom is 0.417 e. The first-order chi connectivity index (χ1) is 29.2. The number of likely N-dealkylation sites (tertiary alicyclic amines) is 2. The second kappa shape index (κ2) is 15.5. The number of carbonyl (C=O) groups is 4. The average molecular weight is 875 g/mol. The van der Waals surface area contributed by atoms with E-state index in [1.54, 1.807) is 42.5 Å². The van der Waals surface area contributed by atoms with Gasteiger partial charge in [-0.3, -0.25) is 34.4 Å². The van der Waals surface area contributed by atoms with Crippen molar-refractivity contribution in [3.8, 4) is 11.5 Å². The van der Waals surface area contributed by atoms with Crippen molar-refractivity contribution in [2.75, 3.05) is 25.6 Å². The largest absolute Gasteiger partial charge is 0.504 e. The molecule has 4 heterocycles. The number of hydrazine groups is 1. The minimum Gasteiger partial charge on any atom is -0.504 e. The number of fused-ring (bicyclic) bond motifs is 4. The molecule has 6 unspecified atom stereocenters. The lowest BCUT2D eigenvalue weighted by Gasteiger charge is -2.50. The Morgan fingerprint density at radius 1 is 0.918 bits per heavy atom. The van der Waals surface area contributed by atoms with Gasteiger partial charge in [0.1, 0.15) is 0 Å². The standard InChI is InChI=1S/C45H40Cl2F3N5O6/c1-61-35-9-5-8-31(38(35)56)37-29-14-15-30-36(42(59)54(40(30)57)28-16-18-53(19-17-28)23-24-6-3-2-4-7-24)32(29)21-33-41(58)55(43(60)44(33,37)25-10-12-27(46)13-11-25)52-39-34(47)20-26(22-51-39)45(48,49)50/h2-14,20,22,28,30,32-33,36-37,56H,15-19,21,23H2,1H3,(H,51,52). The predicted molar refractivity (Wildman–Crippen MR) is 218 cm³/mol. The third-order valence-electron chi connectivity index (χ3n) is 13.3. The maximum atomic E-state index is 15.5. The number of anilines is 1. The number of imide groups is 2. The lowest BCUT2D eigenvalue weighted by molar-refractivity contribution is -0.144. The van der Waals surface area contributed by atoms with Crippen molar-refractivity contribution < 1.29 is 42.2 Å². The highest BCUT2D eigenvalue weighted by atomic mass is 35.5. The topological polar surface area (TPSA) is 132 Å². The van der Waals surface area contributed by atoms with Gasteiger partial charge >= 0.3 is 6.18 Å². The minimum absolute atomic E-state index is 0.0455. The number of phenolic OH excluding ortho intramolecular Hbond substituents is 1. The van der Waals surface area contributed by atoms with Crippen LogP contribution in [0.4, 0.5) is 19.0 Å². The number of piperidine rings is 1. The maximum absolute atomic E-state index is 15.5. The van der Waals surface area contributed by atoms with E-state index in [2.05, 4.69) is 27.4 Å². The summed E-state index contributed by atoms with van der Waals surface area (Å²) in [7, 11) is 1.38. The average Bonchev–Trinajstić information content (AvgIpc) is 3.62. The monoisotopic (exact) mass is 873 g/mol.